The number of hydrogen-bond donors (Lipinski definition) is 1. The molecule has 1 N–H and O–H groups in total. The average molecular weight is 179 g/mol. The molecule has 1 amide bonds. The molecule has 0 spiro atoms. The third kappa shape index (κ3) is 1.56. The third-order valence-corrected chi connectivity index (χ3v) is 2.29. The summed E-state index contributed by atoms with van der Waals surface area (Å²) < 4.78 is 1.98. The van der Waals surface area contributed by atoms with E-state index in [4.69, 9.17) is 0 Å². The van der Waals surface area contributed by atoms with E-state index < -0.39 is 0 Å². The second-order valence-corrected chi connectivity index (χ2v) is 3.37. The summed E-state index contributed by atoms with van der Waals surface area (Å²) in [5.41, 5.74) is 2.05. The number of carbonyl (C=O) groups excluding carboxylic acids is 1. The average Bonchev–Trinajstić information content (AvgIpc) is 2.48. The van der Waals surface area contributed by atoms with Crippen molar-refractivity contribution >= 4 is 11.6 Å². The van der Waals surface area contributed by atoms with Crippen LogP contribution in [0.15, 0.2) is 6.20 Å². The lowest BCUT2D eigenvalue weighted by atomic mass is 10.1. The number of amides is 1. The number of aryl methyl sites for hydroxylation is 1. The van der Waals surface area contributed by atoms with Gasteiger partial charge in [0.15, 0.2) is 0 Å². The molecule has 4 nitrogen and oxygen atoms in total. The first kappa shape index (κ1) is 8.29. The van der Waals surface area contributed by atoms with Gasteiger partial charge in [-0.25, -0.2) is 0 Å². The van der Waals surface area contributed by atoms with Gasteiger partial charge in [-0.1, -0.05) is 0 Å². The lowest BCUT2D eigenvalue weighted by Gasteiger charge is -2.14. The highest BCUT2D eigenvalue weighted by molar-refractivity contribution is 5.89. The molecule has 1 aliphatic heterocycles. The fourth-order valence-corrected chi connectivity index (χ4v) is 1.72. The van der Waals surface area contributed by atoms with E-state index in [-0.39, 0.29) is 5.91 Å². The number of aromatic nitrogens is 2. The minimum absolute atomic E-state index is 0.0265. The summed E-state index contributed by atoms with van der Waals surface area (Å²) in [5.74, 6) is -0.0265. The van der Waals surface area contributed by atoms with Crippen LogP contribution in [-0.4, -0.2) is 15.7 Å². The van der Waals surface area contributed by atoms with E-state index in [2.05, 4.69) is 10.4 Å². The maximum absolute atomic E-state index is 10.8. The van der Waals surface area contributed by atoms with Crippen molar-refractivity contribution in [1.29, 1.82) is 0 Å². The van der Waals surface area contributed by atoms with E-state index in [1.54, 1.807) is 6.20 Å². The topological polar surface area (TPSA) is 46.9 Å². The van der Waals surface area contributed by atoms with Crippen molar-refractivity contribution in [1.82, 2.24) is 9.78 Å². The van der Waals surface area contributed by atoms with E-state index in [0.717, 1.165) is 18.7 Å². The SMILES string of the molecule is CC(=O)Nc1cnn2c1CCCC2. The van der Waals surface area contributed by atoms with Crippen molar-refractivity contribution in [3.05, 3.63) is 11.9 Å². The van der Waals surface area contributed by atoms with E-state index in [0.29, 0.717) is 0 Å². The Morgan fingerprint density at radius 2 is 2.46 bits per heavy atom. The molecule has 1 aromatic heterocycles. The number of rotatable bonds is 1. The Balaban J connectivity index is 2.26. The van der Waals surface area contributed by atoms with Crippen molar-refractivity contribution < 1.29 is 4.79 Å². The number of carbonyl (C=O) groups is 1. The minimum atomic E-state index is -0.0265. The van der Waals surface area contributed by atoms with Crippen LogP contribution >= 0.6 is 0 Å². The fourth-order valence-electron chi connectivity index (χ4n) is 1.72. The third-order valence-electron chi connectivity index (χ3n) is 2.29. The molecule has 0 bridgehead atoms. The van der Waals surface area contributed by atoms with Crippen LogP contribution in [0.5, 0.6) is 0 Å². The molecule has 0 saturated carbocycles. The van der Waals surface area contributed by atoms with Crippen molar-refractivity contribution in [3.63, 3.8) is 0 Å². The monoisotopic (exact) mass is 179 g/mol. The molecule has 70 valence electrons. The Bertz CT molecular complexity index is 330. The number of hydrogen-bond acceptors (Lipinski definition) is 2. The summed E-state index contributed by atoms with van der Waals surface area (Å²) in [6, 6.07) is 0. The predicted octanol–water partition coefficient (Wildman–Crippen LogP) is 1.18. The fraction of sp³-hybridized carbons (Fsp3) is 0.556. The molecule has 0 atom stereocenters. The van der Waals surface area contributed by atoms with Crippen LogP contribution in [0.1, 0.15) is 25.5 Å². The number of anilines is 1. The van der Waals surface area contributed by atoms with Crippen LogP contribution in [0.4, 0.5) is 5.69 Å². The second-order valence-electron chi connectivity index (χ2n) is 3.37. The molecule has 1 aliphatic rings. The first-order valence-electron chi connectivity index (χ1n) is 4.59. The summed E-state index contributed by atoms with van der Waals surface area (Å²) >= 11 is 0. The number of nitrogens with zero attached hydrogens (tertiary/aromatic N) is 2. The van der Waals surface area contributed by atoms with E-state index in [1.807, 2.05) is 4.68 Å². The standard InChI is InChI=1S/C9H13N3O/c1-7(13)11-8-6-10-12-5-3-2-4-9(8)12/h6H,2-5H2,1H3,(H,11,13). The predicted molar refractivity (Wildman–Crippen MR) is 49.5 cm³/mol. The Kier molecular flexibility index (Phi) is 2.04. The molecule has 4 heteroatoms. The smallest absolute Gasteiger partial charge is 0.221 e. The van der Waals surface area contributed by atoms with Gasteiger partial charge < -0.3 is 5.32 Å². The van der Waals surface area contributed by atoms with Crippen LogP contribution in [0.2, 0.25) is 0 Å². The zero-order chi connectivity index (χ0) is 9.26. The van der Waals surface area contributed by atoms with Gasteiger partial charge in [-0.05, 0) is 19.3 Å². The summed E-state index contributed by atoms with van der Waals surface area (Å²) in [6.45, 7) is 2.50. The quantitative estimate of drug-likeness (QED) is 0.703. The molecule has 2 rings (SSSR count). The highest BCUT2D eigenvalue weighted by Crippen LogP contribution is 2.21. The first-order chi connectivity index (χ1) is 6.27. The Morgan fingerprint density at radius 1 is 1.62 bits per heavy atom. The van der Waals surface area contributed by atoms with Crippen molar-refractivity contribution in [2.75, 3.05) is 5.32 Å². The van der Waals surface area contributed by atoms with Gasteiger partial charge >= 0.3 is 0 Å². The summed E-state index contributed by atoms with van der Waals surface area (Å²) in [4.78, 5) is 10.8. The van der Waals surface area contributed by atoms with Gasteiger partial charge in [0.25, 0.3) is 0 Å². The van der Waals surface area contributed by atoms with Gasteiger partial charge in [-0.2, -0.15) is 5.10 Å². The number of nitrogens with one attached hydrogen (secondary N) is 1. The molecule has 0 unspecified atom stereocenters. The molecule has 0 aliphatic carbocycles. The van der Waals surface area contributed by atoms with Gasteiger partial charge in [0.1, 0.15) is 0 Å². The van der Waals surface area contributed by atoms with Crippen LogP contribution in [-0.2, 0) is 17.8 Å². The van der Waals surface area contributed by atoms with Crippen molar-refractivity contribution in [2.45, 2.75) is 32.7 Å². The van der Waals surface area contributed by atoms with E-state index in [1.165, 1.54) is 25.5 Å². The largest absolute Gasteiger partial charge is 0.323 e. The van der Waals surface area contributed by atoms with Gasteiger partial charge in [0.2, 0.25) is 5.91 Å². The van der Waals surface area contributed by atoms with E-state index in [9.17, 15) is 4.79 Å². The maximum Gasteiger partial charge on any atom is 0.221 e. The Labute approximate surface area is 76.9 Å². The van der Waals surface area contributed by atoms with Gasteiger partial charge in [-0.3, -0.25) is 9.48 Å². The first-order valence-corrected chi connectivity index (χ1v) is 4.59. The highest BCUT2D eigenvalue weighted by atomic mass is 16.1. The summed E-state index contributed by atoms with van der Waals surface area (Å²) in [6.07, 6.45) is 5.14. The van der Waals surface area contributed by atoms with Crippen LogP contribution in [0.25, 0.3) is 0 Å². The molecule has 0 radical (unpaired) electrons. The van der Waals surface area contributed by atoms with Crippen LogP contribution < -0.4 is 5.32 Å². The lowest BCUT2D eigenvalue weighted by Crippen LogP contribution is -2.14. The zero-order valence-electron chi connectivity index (χ0n) is 7.71. The van der Waals surface area contributed by atoms with Crippen LogP contribution in [0.3, 0.4) is 0 Å². The normalized spacial score (nSPS) is 15.2. The number of fused-ring (bicyclic) bond motifs is 1. The van der Waals surface area contributed by atoms with E-state index >= 15 is 0 Å². The minimum Gasteiger partial charge on any atom is -0.323 e. The lowest BCUT2D eigenvalue weighted by molar-refractivity contribution is -0.114. The molecule has 1 aromatic rings. The molecular formula is C9H13N3O. The summed E-state index contributed by atoms with van der Waals surface area (Å²) in [7, 11) is 0. The second kappa shape index (κ2) is 3.20. The molecule has 0 fully saturated rings. The molecule has 13 heavy (non-hydrogen) atoms. The Hall–Kier alpha value is -1.32. The van der Waals surface area contributed by atoms with Gasteiger partial charge in [-0.15, -0.1) is 0 Å². The highest BCUT2D eigenvalue weighted by Gasteiger charge is 2.14. The van der Waals surface area contributed by atoms with Gasteiger partial charge in [0.05, 0.1) is 17.6 Å². The summed E-state index contributed by atoms with van der Waals surface area (Å²) in [5, 5.41) is 7.00. The molecular weight excluding hydrogens is 166 g/mol. The molecule has 0 saturated heterocycles. The van der Waals surface area contributed by atoms with Gasteiger partial charge in [0, 0.05) is 13.5 Å². The maximum atomic E-state index is 10.8. The van der Waals surface area contributed by atoms with Crippen LogP contribution in [0, 0.1) is 0 Å². The Morgan fingerprint density at radius 3 is 3.23 bits per heavy atom. The molecule has 0 aromatic carbocycles. The molecule has 2 heterocycles. The zero-order valence-corrected chi connectivity index (χ0v) is 7.71. The van der Waals surface area contributed by atoms with Crippen molar-refractivity contribution in [3.8, 4) is 0 Å². The van der Waals surface area contributed by atoms with Crippen molar-refractivity contribution in [2.24, 2.45) is 0 Å².